The smallest absolute Gasteiger partial charge is 0.253 e. The van der Waals surface area contributed by atoms with Gasteiger partial charge in [0.05, 0.1) is 0 Å². The highest BCUT2D eigenvalue weighted by atomic mass is 35.5. The van der Waals surface area contributed by atoms with E-state index in [9.17, 15) is 9.59 Å². The van der Waals surface area contributed by atoms with Crippen molar-refractivity contribution in [2.75, 3.05) is 13.1 Å². The van der Waals surface area contributed by atoms with Crippen molar-refractivity contribution < 1.29 is 9.59 Å². The Balaban J connectivity index is 0.00000161. The first-order valence-corrected chi connectivity index (χ1v) is 7.08. The van der Waals surface area contributed by atoms with E-state index >= 15 is 0 Å². The van der Waals surface area contributed by atoms with Crippen LogP contribution in [0, 0.1) is 0 Å². The summed E-state index contributed by atoms with van der Waals surface area (Å²) in [7, 11) is 0. The zero-order valence-corrected chi connectivity index (χ0v) is 12.6. The number of nitrogens with zero attached hydrogens (tertiary/aromatic N) is 1. The van der Waals surface area contributed by atoms with Gasteiger partial charge in [0.15, 0.2) is 0 Å². The van der Waals surface area contributed by atoms with Crippen LogP contribution in [-0.2, 0) is 0 Å². The van der Waals surface area contributed by atoms with Gasteiger partial charge in [-0.25, -0.2) is 0 Å². The molecule has 2 aliphatic rings. The fraction of sp³-hybridized carbons (Fsp3) is 0.467. The number of halogens is 1. The van der Waals surface area contributed by atoms with E-state index in [2.05, 4.69) is 5.32 Å². The van der Waals surface area contributed by atoms with Gasteiger partial charge in [-0.2, -0.15) is 0 Å². The molecular formula is C15H20ClN3O2. The van der Waals surface area contributed by atoms with Crippen LogP contribution in [0.1, 0.15) is 40.0 Å². The van der Waals surface area contributed by atoms with Gasteiger partial charge in [0.2, 0.25) is 5.91 Å². The Morgan fingerprint density at radius 1 is 1.14 bits per heavy atom. The molecule has 0 saturated carbocycles. The molecule has 3 N–H and O–H groups in total. The molecule has 5 nitrogen and oxygen atoms in total. The van der Waals surface area contributed by atoms with Gasteiger partial charge in [0.25, 0.3) is 5.91 Å². The molecule has 2 aliphatic heterocycles. The molecule has 0 radical (unpaired) electrons. The number of nitrogens with two attached hydrogens (primary N) is 1. The molecule has 2 heterocycles. The minimum Gasteiger partial charge on any atom is -0.366 e. The third kappa shape index (κ3) is 3.36. The molecule has 3 rings (SSSR count). The van der Waals surface area contributed by atoms with Crippen molar-refractivity contribution in [3.8, 4) is 0 Å². The van der Waals surface area contributed by atoms with Gasteiger partial charge in [0, 0.05) is 36.3 Å². The lowest BCUT2D eigenvalue weighted by atomic mass is 10.1. The summed E-state index contributed by atoms with van der Waals surface area (Å²) in [6, 6.07) is 7.62. The zero-order valence-electron chi connectivity index (χ0n) is 11.7. The molecule has 6 heteroatoms. The predicted octanol–water partition coefficient (Wildman–Crippen LogP) is 1.17. The third-order valence-electron chi connectivity index (χ3n) is 4.20. The predicted molar refractivity (Wildman–Crippen MR) is 82.7 cm³/mol. The molecule has 2 saturated heterocycles. The average Bonchev–Trinajstić information content (AvgIpc) is 2.78. The van der Waals surface area contributed by atoms with Crippen molar-refractivity contribution in [3.63, 3.8) is 0 Å². The molecule has 21 heavy (non-hydrogen) atoms. The molecule has 1 aromatic carbocycles. The second-order valence-corrected chi connectivity index (χ2v) is 5.62. The van der Waals surface area contributed by atoms with E-state index < -0.39 is 5.91 Å². The number of amides is 2. The van der Waals surface area contributed by atoms with Crippen LogP contribution >= 0.6 is 12.4 Å². The number of hydrogen-bond acceptors (Lipinski definition) is 3. The topological polar surface area (TPSA) is 75.4 Å². The van der Waals surface area contributed by atoms with E-state index in [-0.39, 0.29) is 18.3 Å². The molecule has 2 amide bonds. The van der Waals surface area contributed by atoms with Gasteiger partial charge in [-0.1, -0.05) is 6.07 Å². The number of hydrogen-bond donors (Lipinski definition) is 2. The SMILES string of the molecule is Cl.NC(=O)c1cccc(C(=O)N2CCC3CCC(C2)N3)c1. The summed E-state index contributed by atoms with van der Waals surface area (Å²) in [6.45, 7) is 1.52. The monoisotopic (exact) mass is 309 g/mol. The number of carbonyl (C=O) groups is 2. The number of rotatable bonds is 2. The molecule has 0 spiro atoms. The van der Waals surface area contributed by atoms with E-state index in [0.717, 1.165) is 25.9 Å². The van der Waals surface area contributed by atoms with Gasteiger partial charge in [-0.3, -0.25) is 9.59 Å². The highest BCUT2D eigenvalue weighted by Crippen LogP contribution is 2.21. The van der Waals surface area contributed by atoms with Crippen LogP contribution in [0.25, 0.3) is 0 Å². The summed E-state index contributed by atoms with van der Waals surface area (Å²) < 4.78 is 0. The largest absolute Gasteiger partial charge is 0.366 e. The third-order valence-corrected chi connectivity index (χ3v) is 4.20. The Labute approximate surface area is 130 Å². The molecule has 2 atom stereocenters. The van der Waals surface area contributed by atoms with Crippen LogP contribution in [0.4, 0.5) is 0 Å². The Morgan fingerprint density at radius 3 is 2.62 bits per heavy atom. The summed E-state index contributed by atoms with van der Waals surface area (Å²) in [5.41, 5.74) is 6.18. The normalized spacial score (nSPS) is 24.1. The minimum atomic E-state index is -0.503. The zero-order chi connectivity index (χ0) is 14.1. The lowest BCUT2D eigenvalue weighted by molar-refractivity contribution is 0.0748. The Bertz CT molecular complexity index is 549. The molecule has 114 valence electrons. The van der Waals surface area contributed by atoms with Crippen molar-refractivity contribution >= 4 is 24.2 Å². The summed E-state index contributed by atoms with van der Waals surface area (Å²) in [6.07, 6.45) is 3.34. The lowest BCUT2D eigenvalue weighted by Gasteiger charge is -2.24. The summed E-state index contributed by atoms with van der Waals surface area (Å²) in [4.78, 5) is 25.6. The number of primary amides is 1. The standard InChI is InChI=1S/C15H19N3O2.ClH/c16-14(19)10-2-1-3-11(8-10)15(20)18-7-6-12-4-5-13(9-18)17-12;/h1-3,8,12-13,17H,4-7,9H2,(H2,16,19);1H. The van der Waals surface area contributed by atoms with Crippen molar-refractivity contribution in [1.29, 1.82) is 0 Å². The van der Waals surface area contributed by atoms with Crippen LogP contribution in [0.2, 0.25) is 0 Å². The van der Waals surface area contributed by atoms with Crippen molar-refractivity contribution in [2.24, 2.45) is 5.73 Å². The van der Waals surface area contributed by atoms with Crippen LogP contribution in [0.3, 0.4) is 0 Å². The van der Waals surface area contributed by atoms with Gasteiger partial charge in [-0.15, -0.1) is 12.4 Å². The van der Waals surface area contributed by atoms with E-state index in [0.29, 0.717) is 23.2 Å². The molecular weight excluding hydrogens is 290 g/mol. The number of benzene rings is 1. The summed E-state index contributed by atoms with van der Waals surface area (Å²) in [5, 5.41) is 3.55. The quantitative estimate of drug-likeness (QED) is 0.861. The maximum atomic E-state index is 12.5. The van der Waals surface area contributed by atoms with Crippen LogP contribution in [-0.4, -0.2) is 41.9 Å². The molecule has 0 aromatic heterocycles. The van der Waals surface area contributed by atoms with Crippen LogP contribution < -0.4 is 11.1 Å². The van der Waals surface area contributed by atoms with Gasteiger partial charge < -0.3 is 16.0 Å². The maximum Gasteiger partial charge on any atom is 0.253 e. The Hall–Kier alpha value is -1.59. The fourth-order valence-electron chi connectivity index (χ4n) is 3.12. The lowest BCUT2D eigenvalue weighted by Crippen LogP contribution is -2.39. The number of nitrogens with one attached hydrogen (secondary N) is 1. The highest BCUT2D eigenvalue weighted by molar-refractivity contribution is 5.99. The summed E-state index contributed by atoms with van der Waals surface area (Å²) >= 11 is 0. The average molecular weight is 310 g/mol. The van der Waals surface area contributed by atoms with Gasteiger partial charge in [0.1, 0.15) is 0 Å². The van der Waals surface area contributed by atoms with E-state index in [4.69, 9.17) is 5.73 Å². The molecule has 2 fully saturated rings. The first kappa shape index (κ1) is 15.8. The number of fused-ring (bicyclic) bond motifs is 2. The first-order chi connectivity index (χ1) is 9.63. The highest BCUT2D eigenvalue weighted by Gasteiger charge is 2.31. The van der Waals surface area contributed by atoms with E-state index in [1.165, 1.54) is 6.42 Å². The van der Waals surface area contributed by atoms with Crippen LogP contribution in [0.5, 0.6) is 0 Å². The van der Waals surface area contributed by atoms with Crippen molar-refractivity contribution in [1.82, 2.24) is 10.2 Å². The fourth-order valence-corrected chi connectivity index (χ4v) is 3.12. The maximum absolute atomic E-state index is 12.5. The molecule has 0 aliphatic carbocycles. The second-order valence-electron chi connectivity index (χ2n) is 5.62. The van der Waals surface area contributed by atoms with Crippen molar-refractivity contribution in [2.45, 2.75) is 31.3 Å². The molecule has 2 unspecified atom stereocenters. The van der Waals surface area contributed by atoms with E-state index in [1.807, 2.05) is 4.90 Å². The number of carbonyl (C=O) groups excluding carboxylic acids is 2. The Morgan fingerprint density at radius 2 is 1.86 bits per heavy atom. The van der Waals surface area contributed by atoms with Crippen LogP contribution in [0.15, 0.2) is 24.3 Å². The summed E-state index contributed by atoms with van der Waals surface area (Å²) in [5.74, 6) is -0.515. The minimum absolute atomic E-state index is 0. The molecule has 1 aromatic rings. The van der Waals surface area contributed by atoms with Gasteiger partial charge in [-0.05, 0) is 37.5 Å². The van der Waals surface area contributed by atoms with Crippen molar-refractivity contribution in [3.05, 3.63) is 35.4 Å². The number of likely N-dealkylation sites (tertiary alicyclic amines) is 1. The second kappa shape index (κ2) is 6.45. The Kier molecular flexibility index (Phi) is 4.85. The van der Waals surface area contributed by atoms with Gasteiger partial charge >= 0.3 is 0 Å². The molecule has 2 bridgehead atoms. The first-order valence-electron chi connectivity index (χ1n) is 7.08. The van der Waals surface area contributed by atoms with E-state index in [1.54, 1.807) is 24.3 Å².